The second kappa shape index (κ2) is 8.71. The Balaban J connectivity index is 1.78. The number of rotatable bonds is 6. The van der Waals surface area contributed by atoms with Crippen molar-refractivity contribution in [2.24, 2.45) is 0 Å². The number of carbonyl (C=O) groups is 1. The van der Waals surface area contributed by atoms with Crippen molar-refractivity contribution in [3.63, 3.8) is 0 Å². The van der Waals surface area contributed by atoms with Crippen LogP contribution in [0.25, 0.3) is 0 Å². The Kier molecular flexibility index (Phi) is 6.09. The second-order valence-electron chi connectivity index (χ2n) is 6.11. The number of nitrogens with zero attached hydrogens (tertiary/aromatic N) is 1. The van der Waals surface area contributed by atoms with Crippen LogP contribution < -0.4 is 4.72 Å². The number of benzene rings is 3. The number of anilines is 1. The topological polar surface area (TPSA) is 96.3 Å². The molecule has 9 heteroatoms. The molecule has 3 rings (SSSR count). The minimum atomic E-state index is -4.28. The zero-order chi connectivity index (χ0) is 21.7. The Morgan fingerprint density at radius 3 is 2.37 bits per heavy atom. The fraction of sp³-hybridized carbons (Fsp3) is 0.0476. The number of hydrogen-bond acceptors (Lipinski definition) is 5. The maximum absolute atomic E-state index is 13.4. The molecule has 3 aromatic rings. The lowest BCUT2D eigenvalue weighted by Crippen LogP contribution is -2.17. The van der Waals surface area contributed by atoms with Gasteiger partial charge in [0.2, 0.25) is 0 Å². The molecular formula is C21H14F2N2O4S. The van der Waals surface area contributed by atoms with Crippen molar-refractivity contribution in [3.05, 3.63) is 95.1 Å². The van der Waals surface area contributed by atoms with Crippen molar-refractivity contribution >= 4 is 21.7 Å². The van der Waals surface area contributed by atoms with Crippen molar-refractivity contribution in [1.29, 1.82) is 5.26 Å². The van der Waals surface area contributed by atoms with Gasteiger partial charge in [0.1, 0.15) is 6.61 Å². The highest BCUT2D eigenvalue weighted by Crippen LogP contribution is 2.22. The van der Waals surface area contributed by atoms with E-state index in [1.807, 2.05) is 6.07 Å². The lowest BCUT2D eigenvalue weighted by molar-refractivity contribution is 0.0474. The Bertz CT molecular complexity index is 1240. The molecule has 0 spiro atoms. The Morgan fingerprint density at radius 1 is 1.00 bits per heavy atom. The van der Waals surface area contributed by atoms with Crippen molar-refractivity contribution in [3.8, 4) is 6.07 Å². The van der Waals surface area contributed by atoms with Crippen LogP contribution in [0.15, 0.2) is 71.6 Å². The van der Waals surface area contributed by atoms with E-state index >= 15 is 0 Å². The summed E-state index contributed by atoms with van der Waals surface area (Å²) in [6.07, 6.45) is 0. The SMILES string of the molecule is N#Cc1ccc(COC(=O)c2ccccc2NS(=O)(=O)c2ccc(F)c(F)c2)cc1. The van der Waals surface area contributed by atoms with Gasteiger partial charge in [-0.05, 0) is 48.0 Å². The van der Waals surface area contributed by atoms with Crippen LogP contribution >= 0.6 is 0 Å². The number of hydrogen-bond donors (Lipinski definition) is 1. The van der Waals surface area contributed by atoms with Crippen LogP contribution in [0.4, 0.5) is 14.5 Å². The van der Waals surface area contributed by atoms with E-state index in [0.29, 0.717) is 23.3 Å². The fourth-order valence-corrected chi connectivity index (χ4v) is 3.59. The molecule has 0 amide bonds. The summed E-state index contributed by atoms with van der Waals surface area (Å²) in [6.45, 7) is -0.0885. The number of halogens is 2. The first-order valence-electron chi connectivity index (χ1n) is 8.53. The summed E-state index contributed by atoms with van der Waals surface area (Å²) in [7, 11) is -4.28. The molecule has 0 radical (unpaired) electrons. The van der Waals surface area contributed by atoms with Gasteiger partial charge in [0.15, 0.2) is 11.6 Å². The highest BCUT2D eigenvalue weighted by Gasteiger charge is 2.20. The first-order chi connectivity index (χ1) is 14.3. The normalized spacial score (nSPS) is 10.8. The van der Waals surface area contributed by atoms with Crippen LogP contribution in [-0.4, -0.2) is 14.4 Å². The maximum Gasteiger partial charge on any atom is 0.340 e. The molecule has 6 nitrogen and oxygen atoms in total. The molecule has 0 aliphatic carbocycles. The van der Waals surface area contributed by atoms with Gasteiger partial charge < -0.3 is 4.74 Å². The van der Waals surface area contributed by atoms with Crippen molar-refractivity contribution in [1.82, 2.24) is 0 Å². The van der Waals surface area contributed by atoms with Crippen molar-refractivity contribution in [2.75, 3.05) is 4.72 Å². The van der Waals surface area contributed by atoms with Gasteiger partial charge in [0, 0.05) is 0 Å². The Morgan fingerprint density at radius 2 is 1.70 bits per heavy atom. The zero-order valence-electron chi connectivity index (χ0n) is 15.3. The summed E-state index contributed by atoms with van der Waals surface area (Å²) < 4.78 is 58.9. The second-order valence-corrected chi connectivity index (χ2v) is 7.79. The van der Waals surface area contributed by atoms with Gasteiger partial charge in [-0.1, -0.05) is 24.3 Å². The third kappa shape index (κ3) is 4.79. The summed E-state index contributed by atoms with van der Waals surface area (Å²) in [5.74, 6) is -3.28. The molecule has 0 bridgehead atoms. The minimum absolute atomic E-state index is 0.0581. The molecule has 152 valence electrons. The van der Waals surface area contributed by atoms with Crippen LogP contribution in [-0.2, 0) is 21.4 Å². The molecular weight excluding hydrogens is 414 g/mol. The van der Waals surface area contributed by atoms with E-state index in [1.165, 1.54) is 24.3 Å². The molecule has 30 heavy (non-hydrogen) atoms. The smallest absolute Gasteiger partial charge is 0.340 e. The molecule has 1 N–H and O–H groups in total. The van der Waals surface area contributed by atoms with Crippen LogP contribution in [0.2, 0.25) is 0 Å². The summed E-state index contributed by atoms with van der Waals surface area (Å²) in [6, 6.07) is 16.3. The molecule has 3 aromatic carbocycles. The molecule has 0 aliphatic heterocycles. The number of esters is 1. The Labute approximate surface area is 171 Å². The minimum Gasteiger partial charge on any atom is -0.457 e. The van der Waals surface area contributed by atoms with E-state index in [0.717, 1.165) is 6.07 Å². The number of para-hydroxylation sites is 1. The molecule has 0 heterocycles. The molecule has 0 aromatic heterocycles. The van der Waals surface area contributed by atoms with Crippen molar-refractivity contribution in [2.45, 2.75) is 11.5 Å². The molecule has 0 saturated carbocycles. The van der Waals surface area contributed by atoms with Gasteiger partial charge in [0.25, 0.3) is 10.0 Å². The van der Waals surface area contributed by atoms with Gasteiger partial charge in [0.05, 0.1) is 27.8 Å². The highest BCUT2D eigenvalue weighted by molar-refractivity contribution is 7.92. The lowest BCUT2D eigenvalue weighted by atomic mass is 10.1. The number of carbonyl (C=O) groups excluding carboxylic acids is 1. The number of nitrogens with one attached hydrogen (secondary N) is 1. The molecule has 0 unspecified atom stereocenters. The fourth-order valence-electron chi connectivity index (χ4n) is 2.50. The predicted molar refractivity (Wildman–Crippen MR) is 104 cm³/mol. The molecule has 0 saturated heterocycles. The van der Waals surface area contributed by atoms with E-state index < -0.39 is 32.5 Å². The van der Waals surface area contributed by atoms with E-state index in [1.54, 1.807) is 24.3 Å². The number of nitriles is 1. The van der Waals surface area contributed by atoms with Gasteiger partial charge >= 0.3 is 5.97 Å². The van der Waals surface area contributed by atoms with E-state index in [2.05, 4.69) is 4.72 Å². The van der Waals surface area contributed by atoms with Gasteiger partial charge in [-0.25, -0.2) is 22.0 Å². The molecule has 0 fully saturated rings. The van der Waals surface area contributed by atoms with Crippen LogP contribution in [0.3, 0.4) is 0 Å². The van der Waals surface area contributed by atoms with Gasteiger partial charge in [-0.3, -0.25) is 4.72 Å². The third-order valence-electron chi connectivity index (χ3n) is 4.05. The molecule has 0 aliphatic rings. The Hall–Kier alpha value is -3.77. The maximum atomic E-state index is 13.4. The van der Waals surface area contributed by atoms with Crippen LogP contribution in [0.1, 0.15) is 21.5 Å². The predicted octanol–water partition coefficient (Wildman–Crippen LogP) is 3.99. The van der Waals surface area contributed by atoms with Gasteiger partial charge in [-0.15, -0.1) is 0 Å². The average molecular weight is 428 g/mol. The van der Waals surface area contributed by atoms with E-state index in [-0.39, 0.29) is 17.9 Å². The lowest BCUT2D eigenvalue weighted by Gasteiger charge is -2.12. The number of ether oxygens (including phenoxy) is 1. The first-order valence-corrected chi connectivity index (χ1v) is 10.0. The van der Waals surface area contributed by atoms with Gasteiger partial charge in [-0.2, -0.15) is 5.26 Å². The van der Waals surface area contributed by atoms with E-state index in [9.17, 15) is 22.0 Å². The third-order valence-corrected chi connectivity index (χ3v) is 5.41. The first kappa shape index (κ1) is 21.0. The number of sulfonamides is 1. The quantitative estimate of drug-likeness (QED) is 0.599. The average Bonchev–Trinajstić information content (AvgIpc) is 2.74. The summed E-state index contributed by atoms with van der Waals surface area (Å²) in [5.41, 5.74) is 0.966. The zero-order valence-corrected chi connectivity index (χ0v) is 16.1. The highest BCUT2D eigenvalue weighted by atomic mass is 32.2. The standard InChI is InChI=1S/C21H14F2N2O4S/c22-18-10-9-16(11-19(18)23)30(27,28)25-20-4-2-1-3-17(20)21(26)29-13-15-7-5-14(12-24)6-8-15/h1-11,25H,13H2. The summed E-state index contributed by atoms with van der Waals surface area (Å²) >= 11 is 0. The van der Waals surface area contributed by atoms with E-state index in [4.69, 9.17) is 10.00 Å². The largest absolute Gasteiger partial charge is 0.457 e. The van der Waals surface area contributed by atoms with Crippen molar-refractivity contribution < 1.29 is 26.7 Å². The van der Waals surface area contributed by atoms with Crippen LogP contribution in [0.5, 0.6) is 0 Å². The molecule has 0 atom stereocenters. The monoisotopic (exact) mass is 428 g/mol. The summed E-state index contributed by atoms with van der Waals surface area (Å²) in [4.78, 5) is 12.0. The van der Waals surface area contributed by atoms with Crippen LogP contribution in [0, 0.1) is 23.0 Å². The summed E-state index contributed by atoms with van der Waals surface area (Å²) in [5, 5.41) is 8.80.